The van der Waals surface area contributed by atoms with Gasteiger partial charge in [0.05, 0.1) is 16.9 Å². The van der Waals surface area contributed by atoms with E-state index < -0.39 is 0 Å². The van der Waals surface area contributed by atoms with E-state index >= 15 is 0 Å². The van der Waals surface area contributed by atoms with Gasteiger partial charge in [-0.3, -0.25) is 14.4 Å². The van der Waals surface area contributed by atoms with Gasteiger partial charge in [0.15, 0.2) is 0 Å². The molecule has 0 bridgehead atoms. The third kappa shape index (κ3) is 3.14. The van der Waals surface area contributed by atoms with Crippen LogP contribution in [0.3, 0.4) is 0 Å². The highest BCUT2D eigenvalue weighted by atomic mass is 79.9. The first-order valence-electron chi connectivity index (χ1n) is 8.80. The number of nitrogens with zero attached hydrogens (tertiary/aromatic N) is 2. The van der Waals surface area contributed by atoms with Crippen LogP contribution in [0, 0.1) is 0 Å². The highest BCUT2D eigenvalue weighted by Gasteiger charge is 2.19. The summed E-state index contributed by atoms with van der Waals surface area (Å²) in [6.45, 7) is 1.74. The lowest BCUT2D eigenvalue weighted by Gasteiger charge is -2.15. The minimum absolute atomic E-state index is 0.0546. The Labute approximate surface area is 170 Å². The van der Waals surface area contributed by atoms with Crippen LogP contribution in [0.4, 0.5) is 5.69 Å². The van der Waals surface area contributed by atoms with Gasteiger partial charge < -0.3 is 5.11 Å². The molecule has 1 heterocycles. The van der Waals surface area contributed by atoms with Gasteiger partial charge in [-0.2, -0.15) is 0 Å². The van der Waals surface area contributed by atoms with E-state index in [0.29, 0.717) is 22.3 Å². The zero-order valence-electron chi connectivity index (χ0n) is 15.1. The lowest BCUT2D eigenvalue weighted by molar-refractivity contribution is 0.478. The second-order valence-corrected chi connectivity index (χ2v) is 7.22. The molecular weight excluding hydrogens is 416 g/mol. The Kier molecular flexibility index (Phi) is 4.84. The van der Waals surface area contributed by atoms with Crippen molar-refractivity contribution in [1.82, 2.24) is 4.57 Å². The molecule has 28 heavy (non-hydrogen) atoms. The van der Waals surface area contributed by atoms with Crippen LogP contribution in [0.5, 0.6) is 5.75 Å². The van der Waals surface area contributed by atoms with Crippen LogP contribution >= 0.6 is 15.9 Å². The third-order valence-corrected chi connectivity index (χ3v) is 5.24. The Bertz CT molecular complexity index is 1260. The van der Waals surface area contributed by atoms with Gasteiger partial charge in [0.1, 0.15) is 11.3 Å². The Balaban J connectivity index is 2.05. The highest BCUT2D eigenvalue weighted by molar-refractivity contribution is 9.10. The van der Waals surface area contributed by atoms with Gasteiger partial charge in [-0.1, -0.05) is 42.5 Å². The lowest BCUT2D eigenvalue weighted by atomic mass is 10.1. The van der Waals surface area contributed by atoms with Gasteiger partial charge in [0.2, 0.25) is 0 Å². The number of aliphatic imine (C=N–C) groups is 1. The second-order valence-electron chi connectivity index (χ2n) is 6.37. The van der Waals surface area contributed by atoms with Crippen molar-refractivity contribution in [2.75, 3.05) is 0 Å². The van der Waals surface area contributed by atoms with Gasteiger partial charge in [0, 0.05) is 15.5 Å². The summed E-state index contributed by atoms with van der Waals surface area (Å²) in [7, 11) is 0. The average Bonchev–Trinajstić information content (AvgIpc) is 2.71. The zero-order valence-corrected chi connectivity index (χ0v) is 16.7. The minimum Gasteiger partial charge on any atom is -0.506 e. The van der Waals surface area contributed by atoms with Crippen molar-refractivity contribution in [3.05, 3.63) is 99.3 Å². The molecule has 0 unspecified atom stereocenters. The van der Waals surface area contributed by atoms with Crippen LogP contribution in [0.25, 0.3) is 16.6 Å². The topological polar surface area (TPSA) is 54.6 Å². The Hall–Kier alpha value is -3.18. The van der Waals surface area contributed by atoms with Gasteiger partial charge in [-0.15, -0.1) is 0 Å². The molecule has 5 heteroatoms. The van der Waals surface area contributed by atoms with Gasteiger partial charge in [0.25, 0.3) is 5.56 Å². The maximum absolute atomic E-state index is 13.4. The van der Waals surface area contributed by atoms with Crippen molar-refractivity contribution in [3.8, 4) is 11.4 Å². The molecule has 4 aromatic rings. The molecule has 138 valence electrons. The quantitative estimate of drug-likeness (QED) is 0.428. The lowest BCUT2D eigenvalue weighted by Crippen LogP contribution is -2.25. The number of benzene rings is 3. The Morgan fingerprint density at radius 3 is 2.32 bits per heavy atom. The largest absolute Gasteiger partial charge is 0.506 e. The SMILES string of the molecule is CC(=Nc1ccccc1Br)c1c(O)c2ccccc2n(-c2ccccc2)c1=O. The summed E-state index contributed by atoms with van der Waals surface area (Å²) in [5, 5.41) is 11.5. The predicted octanol–water partition coefficient (Wildman–Crippen LogP) is 5.60. The van der Waals surface area contributed by atoms with Gasteiger partial charge >= 0.3 is 0 Å². The predicted molar refractivity (Wildman–Crippen MR) is 117 cm³/mol. The van der Waals surface area contributed by atoms with Crippen LogP contribution in [0.15, 0.2) is 93.1 Å². The maximum atomic E-state index is 13.4. The summed E-state index contributed by atoms with van der Waals surface area (Å²) in [5.74, 6) is -0.0546. The fraction of sp³-hybridized carbons (Fsp3) is 0.0435. The number of fused-ring (bicyclic) bond motifs is 1. The van der Waals surface area contributed by atoms with Crippen LogP contribution in [-0.2, 0) is 0 Å². The van der Waals surface area contributed by atoms with Crippen LogP contribution in [0.1, 0.15) is 12.5 Å². The highest BCUT2D eigenvalue weighted by Crippen LogP contribution is 2.30. The fourth-order valence-electron chi connectivity index (χ4n) is 3.26. The van der Waals surface area contributed by atoms with E-state index in [1.165, 1.54) is 0 Å². The van der Waals surface area contributed by atoms with E-state index in [2.05, 4.69) is 20.9 Å². The summed E-state index contributed by atoms with van der Waals surface area (Å²) in [6.07, 6.45) is 0. The smallest absolute Gasteiger partial charge is 0.268 e. The molecule has 1 aromatic heterocycles. The molecule has 0 saturated heterocycles. The number of aromatic hydroxyl groups is 1. The Morgan fingerprint density at radius 2 is 1.57 bits per heavy atom. The molecule has 3 aromatic carbocycles. The summed E-state index contributed by atoms with van der Waals surface area (Å²) < 4.78 is 2.43. The first-order valence-corrected chi connectivity index (χ1v) is 9.59. The molecule has 4 nitrogen and oxygen atoms in total. The monoisotopic (exact) mass is 432 g/mol. The molecule has 0 radical (unpaired) electrons. The molecule has 0 aliphatic heterocycles. The summed E-state index contributed by atoms with van der Waals surface area (Å²) in [4.78, 5) is 18.0. The maximum Gasteiger partial charge on any atom is 0.268 e. The standard InChI is InChI=1S/C23H17BrN2O2/c1-15(25-19-13-7-6-12-18(19)24)21-22(27)17-11-5-8-14-20(17)26(23(21)28)16-9-3-2-4-10-16/h2-14,27H,1H3. The Morgan fingerprint density at radius 1 is 0.929 bits per heavy atom. The van der Waals surface area contributed by atoms with Crippen molar-refractivity contribution >= 4 is 38.2 Å². The van der Waals surface area contributed by atoms with Crippen molar-refractivity contribution in [3.63, 3.8) is 0 Å². The minimum atomic E-state index is -0.310. The number of hydrogen-bond acceptors (Lipinski definition) is 3. The van der Waals surface area contributed by atoms with E-state index in [4.69, 9.17) is 0 Å². The molecule has 0 fully saturated rings. The molecule has 0 aliphatic carbocycles. The molecule has 1 N–H and O–H groups in total. The number of para-hydroxylation sites is 3. The fourth-order valence-corrected chi connectivity index (χ4v) is 3.64. The van der Waals surface area contributed by atoms with E-state index in [1.807, 2.05) is 72.8 Å². The van der Waals surface area contributed by atoms with Crippen LogP contribution < -0.4 is 5.56 Å². The van der Waals surface area contributed by atoms with E-state index in [9.17, 15) is 9.90 Å². The number of pyridine rings is 1. The molecule has 0 saturated carbocycles. The molecular formula is C23H17BrN2O2. The number of rotatable bonds is 3. The molecule has 0 aliphatic rings. The first-order chi connectivity index (χ1) is 13.6. The number of aromatic nitrogens is 1. The summed E-state index contributed by atoms with van der Waals surface area (Å²) in [6, 6.07) is 24.2. The van der Waals surface area contributed by atoms with Crippen LogP contribution in [-0.4, -0.2) is 15.4 Å². The molecule has 0 amide bonds. The average molecular weight is 433 g/mol. The normalized spacial score (nSPS) is 11.7. The van der Waals surface area contributed by atoms with Crippen molar-refractivity contribution in [2.45, 2.75) is 6.92 Å². The van der Waals surface area contributed by atoms with Crippen molar-refractivity contribution in [2.24, 2.45) is 4.99 Å². The number of hydrogen-bond donors (Lipinski definition) is 1. The molecule has 0 spiro atoms. The van der Waals surface area contributed by atoms with E-state index in [0.717, 1.165) is 10.2 Å². The van der Waals surface area contributed by atoms with Crippen molar-refractivity contribution < 1.29 is 5.11 Å². The summed E-state index contributed by atoms with van der Waals surface area (Å²) >= 11 is 3.47. The molecule has 4 rings (SSSR count). The number of halogens is 1. The van der Waals surface area contributed by atoms with Crippen molar-refractivity contribution in [1.29, 1.82) is 0 Å². The first kappa shape index (κ1) is 18.2. The van der Waals surface area contributed by atoms with Gasteiger partial charge in [-0.25, -0.2) is 0 Å². The zero-order chi connectivity index (χ0) is 19.7. The van der Waals surface area contributed by atoms with Gasteiger partial charge in [-0.05, 0) is 59.3 Å². The van der Waals surface area contributed by atoms with E-state index in [-0.39, 0.29) is 16.9 Å². The second kappa shape index (κ2) is 7.44. The van der Waals surface area contributed by atoms with Crippen LogP contribution in [0.2, 0.25) is 0 Å². The van der Waals surface area contributed by atoms with E-state index in [1.54, 1.807) is 17.6 Å². The third-order valence-electron chi connectivity index (χ3n) is 4.57. The summed E-state index contributed by atoms with van der Waals surface area (Å²) in [5.41, 5.74) is 2.41. The molecule has 0 atom stereocenters.